The predicted octanol–water partition coefficient (Wildman–Crippen LogP) is 4.00. The highest BCUT2D eigenvalue weighted by atomic mass is 16.4. The van der Waals surface area contributed by atoms with E-state index in [1.165, 1.54) is 0 Å². The quantitative estimate of drug-likeness (QED) is 0.398. The molecule has 2 bridgehead atoms. The molecule has 2 aliphatic carbocycles. The lowest BCUT2D eigenvalue weighted by molar-refractivity contribution is 0.0678. The van der Waals surface area contributed by atoms with Crippen LogP contribution < -0.4 is 0 Å². The van der Waals surface area contributed by atoms with Gasteiger partial charge in [0, 0.05) is 17.0 Å². The molecule has 0 aromatic heterocycles. The fraction of sp³-hybridized carbons (Fsp3) is 0.286. The van der Waals surface area contributed by atoms with Crippen LogP contribution in [0, 0.1) is 17.3 Å². The second-order valence-electron chi connectivity index (χ2n) is 6.89. The maximum absolute atomic E-state index is 13.5. The third kappa shape index (κ3) is 2.17. The molecular weight excluding hydrogens is 314 g/mol. The number of rotatable bonds is 4. The molecule has 2 atom stereocenters. The Balaban J connectivity index is 1.91. The molecule has 2 aromatic rings. The lowest BCUT2D eigenvalue weighted by Crippen LogP contribution is -2.50. The molecule has 0 spiro atoms. The molecule has 2 saturated carbocycles. The van der Waals surface area contributed by atoms with Gasteiger partial charge in [0.2, 0.25) is 0 Å². The minimum atomic E-state index is -1.37. The van der Waals surface area contributed by atoms with E-state index in [1.807, 2.05) is 12.1 Å². The van der Waals surface area contributed by atoms with E-state index in [-0.39, 0.29) is 23.4 Å². The van der Waals surface area contributed by atoms with E-state index in [1.54, 1.807) is 48.5 Å². The van der Waals surface area contributed by atoms with Crippen LogP contribution in [0.3, 0.4) is 0 Å². The monoisotopic (exact) mass is 333 g/mol. The Kier molecular flexibility index (Phi) is 3.75. The van der Waals surface area contributed by atoms with E-state index in [2.05, 4.69) is 5.16 Å². The molecule has 0 amide bonds. The van der Waals surface area contributed by atoms with Crippen molar-refractivity contribution in [1.82, 2.24) is 0 Å². The molecule has 2 fully saturated rings. The van der Waals surface area contributed by atoms with Crippen LogP contribution >= 0.6 is 0 Å². The molecule has 0 unspecified atom stereocenters. The molecule has 25 heavy (non-hydrogen) atoms. The van der Waals surface area contributed by atoms with Gasteiger partial charge in [0.15, 0.2) is 11.6 Å². The first kappa shape index (κ1) is 15.8. The molecule has 2 aliphatic rings. The highest BCUT2D eigenvalue weighted by Crippen LogP contribution is 2.56. The Bertz CT molecular complexity index is 790. The van der Waals surface area contributed by atoms with Crippen molar-refractivity contribution < 1.29 is 14.8 Å². The van der Waals surface area contributed by atoms with E-state index >= 15 is 0 Å². The summed E-state index contributed by atoms with van der Waals surface area (Å²) in [4.78, 5) is 27.1. The summed E-state index contributed by atoms with van der Waals surface area (Å²) in [5.74, 6) is -0.594. The summed E-state index contributed by atoms with van der Waals surface area (Å²) in [6.07, 6.45) is 2.41. The van der Waals surface area contributed by atoms with E-state index in [9.17, 15) is 14.8 Å². The van der Waals surface area contributed by atoms with Gasteiger partial charge in [0.25, 0.3) is 0 Å². The average Bonchev–Trinajstić information content (AvgIpc) is 3.28. The van der Waals surface area contributed by atoms with Gasteiger partial charge in [-0.2, -0.15) is 0 Å². The number of nitrogens with zero attached hydrogens (tertiary/aromatic N) is 1. The first-order valence-electron chi connectivity index (χ1n) is 8.61. The second-order valence-corrected chi connectivity index (χ2v) is 6.89. The van der Waals surface area contributed by atoms with Crippen LogP contribution in [-0.4, -0.2) is 22.5 Å². The summed E-state index contributed by atoms with van der Waals surface area (Å²) < 4.78 is 0. The largest absolute Gasteiger partial charge is 0.411 e. The maximum Gasteiger partial charge on any atom is 0.182 e. The van der Waals surface area contributed by atoms with Gasteiger partial charge in [-0.3, -0.25) is 9.59 Å². The number of Topliss-reactive ketones (excluding diaryl/α,β-unsaturated/α-hetero) is 2. The molecule has 4 rings (SSSR count). The number of carbonyl (C=O) groups is 2. The van der Waals surface area contributed by atoms with Crippen molar-refractivity contribution in [3.63, 3.8) is 0 Å². The minimum absolute atomic E-state index is 0.00956. The van der Waals surface area contributed by atoms with Gasteiger partial charge in [0.05, 0.1) is 5.71 Å². The van der Waals surface area contributed by atoms with Crippen molar-refractivity contribution in [1.29, 1.82) is 0 Å². The van der Waals surface area contributed by atoms with Crippen molar-refractivity contribution in [2.75, 3.05) is 0 Å². The van der Waals surface area contributed by atoms with E-state index < -0.39 is 5.41 Å². The number of benzene rings is 2. The highest BCUT2D eigenvalue weighted by molar-refractivity contribution is 6.35. The summed E-state index contributed by atoms with van der Waals surface area (Å²) in [6, 6.07) is 17.7. The number of carbonyl (C=O) groups excluding carboxylic acids is 2. The number of ketones is 2. The molecule has 0 saturated heterocycles. The Morgan fingerprint density at radius 2 is 1.40 bits per heavy atom. The highest BCUT2D eigenvalue weighted by Gasteiger charge is 2.65. The first-order valence-corrected chi connectivity index (χ1v) is 8.61. The third-order valence-corrected chi connectivity index (χ3v) is 5.73. The second kappa shape index (κ2) is 5.96. The molecule has 0 heterocycles. The number of fused-ring (bicyclic) bond motifs is 2. The number of hydrogen-bond acceptors (Lipinski definition) is 4. The molecule has 1 N–H and O–H groups in total. The fourth-order valence-electron chi connectivity index (χ4n) is 4.66. The predicted molar refractivity (Wildman–Crippen MR) is 94.0 cm³/mol. The maximum atomic E-state index is 13.5. The van der Waals surface area contributed by atoms with Crippen LogP contribution in [0.25, 0.3) is 0 Å². The van der Waals surface area contributed by atoms with Gasteiger partial charge in [-0.25, -0.2) is 0 Å². The van der Waals surface area contributed by atoms with E-state index in [4.69, 9.17) is 0 Å². The minimum Gasteiger partial charge on any atom is -0.411 e. The normalized spacial score (nSPS) is 25.2. The topological polar surface area (TPSA) is 66.7 Å². The number of oxime groups is 1. The Hall–Kier alpha value is -2.75. The molecule has 4 heteroatoms. The molecule has 4 nitrogen and oxygen atoms in total. The summed E-state index contributed by atoms with van der Waals surface area (Å²) >= 11 is 0. The van der Waals surface area contributed by atoms with Crippen molar-refractivity contribution in [3.05, 3.63) is 71.8 Å². The van der Waals surface area contributed by atoms with Crippen LogP contribution in [-0.2, 0) is 0 Å². The molecule has 2 aromatic carbocycles. The van der Waals surface area contributed by atoms with Crippen molar-refractivity contribution in [2.24, 2.45) is 22.4 Å². The van der Waals surface area contributed by atoms with Crippen LogP contribution in [0.2, 0.25) is 0 Å². The molecule has 126 valence electrons. The van der Waals surface area contributed by atoms with Crippen LogP contribution in [0.4, 0.5) is 0 Å². The van der Waals surface area contributed by atoms with Crippen molar-refractivity contribution in [2.45, 2.75) is 19.3 Å². The fourth-order valence-corrected chi connectivity index (χ4v) is 4.66. The van der Waals surface area contributed by atoms with Crippen molar-refractivity contribution in [3.8, 4) is 0 Å². The summed E-state index contributed by atoms with van der Waals surface area (Å²) in [7, 11) is 0. The Labute approximate surface area is 146 Å². The summed E-state index contributed by atoms with van der Waals surface area (Å²) in [6.45, 7) is 0. The van der Waals surface area contributed by atoms with Gasteiger partial charge < -0.3 is 5.21 Å². The standard InChI is InChI=1S/C21H19NO3/c23-19(14-7-3-1-4-8-14)21(20(24)15-9-5-2-6-10-15)17-12-11-16(13-17)18(21)22-25/h1-10,16-17,25H,11-13H2/b22-18-/t16-,17-/m0/s1. The van der Waals surface area contributed by atoms with Gasteiger partial charge >= 0.3 is 0 Å². The SMILES string of the molecule is O=C(c1ccccc1)C1(C(=O)c2ccccc2)/C(=N\O)[C@H]2CC[C@H]1C2. The van der Waals surface area contributed by atoms with Crippen LogP contribution in [0.5, 0.6) is 0 Å². The van der Waals surface area contributed by atoms with Crippen LogP contribution in [0.1, 0.15) is 40.0 Å². The van der Waals surface area contributed by atoms with Gasteiger partial charge in [-0.1, -0.05) is 65.8 Å². The van der Waals surface area contributed by atoms with E-state index in [0.717, 1.165) is 19.3 Å². The lowest BCUT2D eigenvalue weighted by Gasteiger charge is -2.35. The van der Waals surface area contributed by atoms with Gasteiger partial charge in [-0.05, 0) is 25.2 Å². The summed E-state index contributed by atoms with van der Waals surface area (Å²) in [5.41, 5.74) is -0.0483. The zero-order chi connectivity index (χ0) is 17.4. The zero-order valence-electron chi connectivity index (χ0n) is 13.8. The first-order chi connectivity index (χ1) is 12.2. The average molecular weight is 333 g/mol. The zero-order valence-corrected chi connectivity index (χ0v) is 13.8. The van der Waals surface area contributed by atoms with Crippen LogP contribution in [0.15, 0.2) is 65.8 Å². The van der Waals surface area contributed by atoms with E-state index in [0.29, 0.717) is 16.8 Å². The third-order valence-electron chi connectivity index (χ3n) is 5.73. The van der Waals surface area contributed by atoms with Crippen molar-refractivity contribution >= 4 is 17.3 Å². The lowest BCUT2D eigenvalue weighted by atomic mass is 9.63. The Morgan fingerprint density at radius 3 is 1.88 bits per heavy atom. The smallest absolute Gasteiger partial charge is 0.182 e. The molecule has 0 radical (unpaired) electrons. The molecule has 0 aliphatic heterocycles. The Morgan fingerprint density at radius 1 is 0.880 bits per heavy atom. The molecular formula is C21H19NO3. The van der Waals surface area contributed by atoms with Gasteiger partial charge in [-0.15, -0.1) is 0 Å². The number of hydrogen-bond donors (Lipinski definition) is 1. The van der Waals surface area contributed by atoms with Gasteiger partial charge in [0.1, 0.15) is 5.41 Å². The summed E-state index contributed by atoms with van der Waals surface area (Å²) in [5, 5.41) is 13.2.